The van der Waals surface area contributed by atoms with Gasteiger partial charge in [-0.1, -0.05) is 18.6 Å². The highest BCUT2D eigenvalue weighted by molar-refractivity contribution is 5.42. The Balaban J connectivity index is 1.52. The average molecular weight is 246 g/mol. The van der Waals surface area contributed by atoms with Crippen LogP contribution in [0.1, 0.15) is 30.4 Å². The normalized spacial score (nSPS) is 19.8. The number of nitrogens with one attached hydrogen (secondary N) is 1. The maximum atomic E-state index is 5.97. The van der Waals surface area contributed by atoms with Crippen LogP contribution >= 0.6 is 0 Å². The maximum absolute atomic E-state index is 5.97. The van der Waals surface area contributed by atoms with Crippen molar-refractivity contribution < 1.29 is 4.74 Å². The minimum absolute atomic E-state index is 0.816. The van der Waals surface area contributed by atoms with E-state index in [4.69, 9.17) is 4.74 Å². The highest BCUT2D eigenvalue weighted by Crippen LogP contribution is 2.26. The number of hydrogen-bond donors (Lipinski definition) is 1. The molecule has 0 bridgehead atoms. The van der Waals surface area contributed by atoms with Crippen LogP contribution in [0.5, 0.6) is 5.75 Å². The van der Waals surface area contributed by atoms with E-state index >= 15 is 0 Å². The molecule has 1 saturated heterocycles. The lowest BCUT2D eigenvalue weighted by molar-refractivity contribution is 0.183. The number of fused-ring (bicyclic) bond motifs is 1. The van der Waals surface area contributed by atoms with E-state index in [0.717, 1.165) is 32.0 Å². The molecule has 2 heterocycles. The zero-order chi connectivity index (χ0) is 12.2. The van der Waals surface area contributed by atoms with E-state index in [2.05, 4.69) is 28.4 Å². The van der Waals surface area contributed by atoms with E-state index in [0.29, 0.717) is 0 Å². The number of piperidine rings is 1. The van der Waals surface area contributed by atoms with Crippen LogP contribution in [0.15, 0.2) is 18.2 Å². The molecule has 3 rings (SSSR count). The van der Waals surface area contributed by atoms with Gasteiger partial charge in [-0.15, -0.1) is 0 Å². The summed E-state index contributed by atoms with van der Waals surface area (Å²) in [6.45, 7) is 6.32. The average Bonchev–Trinajstić information content (AvgIpc) is 2.89. The van der Waals surface area contributed by atoms with Crippen LogP contribution in [-0.4, -0.2) is 31.1 Å². The molecule has 1 fully saturated rings. The second kappa shape index (κ2) is 5.72. The summed E-state index contributed by atoms with van der Waals surface area (Å²) < 4.78 is 5.97. The van der Waals surface area contributed by atoms with Crippen LogP contribution in [0, 0.1) is 0 Å². The smallest absolute Gasteiger partial charge is 0.124 e. The molecule has 2 aliphatic heterocycles. The molecule has 18 heavy (non-hydrogen) atoms. The minimum Gasteiger partial charge on any atom is -0.492 e. The summed E-state index contributed by atoms with van der Waals surface area (Å²) >= 11 is 0. The molecule has 0 unspecified atom stereocenters. The van der Waals surface area contributed by atoms with Crippen LogP contribution in [0.25, 0.3) is 0 Å². The lowest BCUT2D eigenvalue weighted by Crippen LogP contribution is -2.33. The fourth-order valence-electron chi connectivity index (χ4n) is 2.90. The summed E-state index contributed by atoms with van der Waals surface area (Å²) in [4.78, 5) is 2.52. The second-order valence-electron chi connectivity index (χ2n) is 5.25. The first-order chi connectivity index (χ1) is 8.93. The van der Waals surface area contributed by atoms with Gasteiger partial charge in [0.2, 0.25) is 0 Å². The van der Waals surface area contributed by atoms with Gasteiger partial charge in [0.05, 0.1) is 0 Å². The van der Waals surface area contributed by atoms with Gasteiger partial charge >= 0.3 is 0 Å². The molecular formula is C15H22N2O. The van der Waals surface area contributed by atoms with Crippen LogP contribution in [0.2, 0.25) is 0 Å². The Bertz CT molecular complexity index is 399. The summed E-state index contributed by atoms with van der Waals surface area (Å²) in [5.74, 6) is 1.08. The van der Waals surface area contributed by atoms with Gasteiger partial charge in [-0.05, 0) is 37.6 Å². The quantitative estimate of drug-likeness (QED) is 0.881. The SMILES string of the molecule is c1cc2c(c(OCCN3CCCCC3)c1)CNC2. The van der Waals surface area contributed by atoms with Gasteiger partial charge in [0.25, 0.3) is 0 Å². The third-order valence-electron chi connectivity index (χ3n) is 3.96. The molecule has 0 spiro atoms. The number of ether oxygens (including phenoxy) is 1. The molecule has 3 nitrogen and oxygen atoms in total. The van der Waals surface area contributed by atoms with Crippen molar-refractivity contribution in [3.63, 3.8) is 0 Å². The zero-order valence-corrected chi connectivity index (χ0v) is 11.0. The van der Waals surface area contributed by atoms with Crippen LogP contribution in [0.3, 0.4) is 0 Å². The monoisotopic (exact) mass is 246 g/mol. The van der Waals surface area contributed by atoms with Gasteiger partial charge in [-0.3, -0.25) is 4.90 Å². The van der Waals surface area contributed by atoms with Crippen molar-refractivity contribution in [1.29, 1.82) is 0 Å². The Kier molecular flexibility index (Phi) is 3.81. The van der Waals surface area contributed by atoms with E-state index in [1.807, 2.05) is 0 Å². The molecular weight excluding hydrogens is 224 g/mol. The van der Waals surface area contributed by atoms with Crippen LogP contribution in [0.4, 0.5) is 0 Å². The Morgan fingerprint density at radius 3 is 2.89 bits per heavy atom. The molecule has 3 heteroatoms. The summed E-state index contributed by atoms with van der Waals surface area (Å²) in [6.07, 6.45) is 4.10. The van der Waals surface area contributed by atoms with Crippen molar-refractivity contribution in [2.24, 2.45) is 0 Å². The van der Waals surface area contributed by atoms with Crippen molar-refractivity contribution in [2.75, 3.05) is 26.2 Å². The Morgan fingerprint density at radius 2 is 2.00 bits per heavy atom. The van der Waals surface area contributed by atoms with Crippen LogP contribution < -0.4 is 10.1 Å². The standard InChI is InChI=1S/C15H22N2O/c1-2-7-17(8-3-1)9-10-18-15-6-4-5-13-11-16-12-14(13)15/h4-6,16H,1-3,7-12H2. The van der Waals surface area contributed by atoms with E-state index in [9.17, 15) is 0 Å². The zero-order valence-electron chi connectivity index (χ0n) is 11.0. The summed E-state index contributed by atoms with van der Waals surface area (Å²) in [6, 6.07) is 6.39. The molecule has 98 valence electrons. The topological polar surface area (TPSA) is 24.5 Å². The highest BCUT2D eigenvalue weighted by Gasteiger charge is 2.15. The lowest BCUT2D eigenvalue weighted by Gasteiger charge is -2.26. The second-order valence-corrected chi connectivity index (χ2v) is 5.25. The number of likely N-dealkylation sites (tertiary alicyclic amines) is 1. The largest absolute Gasteiger partial charge is 0.492 e. The summed E-state index contributed by atoms with van der Waals surface area (Å²) in [7, 11) is 0. The summed E-state index contributed by atoms with van der Waals surface area (Å²) in [5.41, 5.74) is 2.75. The van der Waals surface area contributed by atoms with E-state index < -0.39 is 0 Å². The highest BCUT2D eigenvalue weighted by atomic mass is 16.5. The van der Waals surface area contributed by atoms with E-state index in [1.54, 1.807) is 0 Å². The lowest BCUT2D eigenvalue weighted by atomic mass is 10.1. The van der Waals surface area contributed by atoms with Crippen molar-refractivity contribution in [3.05, 3.63) is 29.3 Å². The summed E-state index contributed by atoms with van der Waals surface area (Å²) in [5, 5.41) is 3.38. The molecule has 1 aromatic rings. The van der Waals surface area contributed by atoms with Crippen LogP contribution in [-0.2, 0) is 13.1 Å². The predicted octanol–water partition coefficient (Wildman–Crippen LogP) is 2.15. The molecule has 0 saturated carbocycles. The fourth-order valence-corrected chi connectivity index (χ4v) is 2.90. The number of nitrogens with zero attached hydrogens (tertiary/aromatic N) is 1. The molecule has 0 atom stereocenters. The number of hydrogen-bond acceptors (Lipinski definition) is 3. The third kappa shape index (κ3) is 2.68. The Hall–Kier alpha value is -1.06. The van der Waals surface area contributed by atoms with Gasteiger partial charge < -0.3 is 10.1 Å². The molecule has 0 radical (unpaired) electrons. The molecule has 0 aliphatic carbocycles. The van der Waals surface area contributed by atoms with Gasteiger partial charge in [0.1, 0.15) is 12.4 Å². The van der Waals surface area contributed by atoms with E-state index in [1.165, 1.54) is 43.5 Å². The molecule has 0 aromatic heterocycles. The van der Waals surface area contributed by atoms with E-state index in [-0.39, 0.29) is 0 Å². The fraction of sp³-hybridized carbons (Fsp3) is 0.600. The van der Waals surface area contributed by atoms with Crippen molar-refractivity contribution in [1.82, 2.24) is 10.2 Å². The first-order valence-electron chi connectivity index (χ1n) is 7.10. The first kappa shape index (κ1) is 12.0. The van der Waals surface area contributed by atoms with Gasteiger partial charge in [0, 0.05) is 25.2 Å². The Morgan fingerprint density at radius 1 is 1.11 bits per heavy atom. The molecule has 1 N–H and O–H groups in total. The molecule has 0 amide bonds. The first-order valence-corrected chi connectivity index (χ1v) is 7.10. The van der Waals surface area contributed by atoms with Gasteiger partial charge in [-0.25, -0.2) is 0 Å². The molecule has 2 aliphatic rings. The maximum Gasteiger partial charge on any atom is 0.124 e. The van der Waals surface area contributed by atoms with Crippen molar-refractivity contribution in [3.8, 4) is 5.75 Å². The van der Waals surface area contributed by atoms with Gasteiger partial charge in [0.15, 0.2) is 0 Å². The minimum atomic E-state index is 0.816. The molecule has 1 aromatic carbocycles. The van der Waals surface area contributed by atoms with Crippen molar-refractivity contribution in [2.45, 2.75) is 32.4 Å². The number of benzene rings is 1. The predicted molar refractivity (Wildman–Crippen MR) is 72.8 cm³/mol. The van der Waals surface area contributed by atoms with Gasteiger partial charge in [-0.2, -0.15) is 0 Å². The number of rotatable bonds is 4. The Labute approximate surface area is 109 Å². The van der Waals surface area contributed by atoms with Crippen molar-refractivity contribution >= 4 is 0 Å². The third-order valence-corrected chi connectivity index (χ3v) is 3.96.